The Labute approximate surface area is 129 Å². The van der Waals surface area contributed by atoms with Crippen molar-refractivity contribution in [2.45, 2.75) is 78.2 Å². The second-order valence-corrected chi connectivity index (χ2v) is 6.04. The van der Waals surface area contributed by atoms with Crippen LogP contribution < -0.4 is 0 Å². The minimum atomic E-state index is 1.13. The topological polar surface area (TPSA) is 17.8 Å². The van der Waals surface area contributed by atoms with Crippen molar-refractivity contribution in [3.63, 3.8) is 0 Å². The molecule has 1 heterocycles. The summed E-state index contributed by atoms with van der Waals surface area (Å²) in [6.45, 7) is 5.67. The molecule has 0 bridgehead atoms. The number of benzene rings is 1. The maximum Gasteiger partial charge on any atom is 0.109 e. The molecule has 2 nitrogen and oxygen atoms in total. The van der Waals surface area contributed by atoms with E-state index in [-0.39, 0.29) is 0 Å². The van der Waals surface area contributed by atoms with Crippen LogP contribution in [0.1, 0.15) is 71.0 Å². The number of hydrogen-bond acceptors (Lipinski definition) is 1. The third-order valence-electron chi connectivity index (χ3n) is 4.22. The highest BCUT2D eigenvalue weighted by atomic mass is 15.1. The van der Waals surface area contributed by atoms with Gasteiger partial charge in [-0.1, -0.05) is 64.5 Å². The SMILES string of the molecule is CCCCCCc1nc2ccccc2n1CCCCCC. The quantitative estimate of drug-likeness (QED) is 0.509. The molecule has 0 saturated heterocycles. The van der Waals surface area contributed by atoms with Crippen LogP contribution in [0.5, 0.6) is 0 Å². The molecule has 21 heavy (non-hydrogen) atoms. The molecule has 1 aromatic carbocycles. The molecule has 0 aliphatic heterocycles. The summed E-state index contributed by atoms with van der Waals surface area (Å²) in [7, 11) is 0. The average molecular weight is 286 g/mol. The first-order valence-electron chi connectivity index (χ1n) is 8.81. The third-order valence-corrected chi connectivity index (χ3v) is 4.22. The van der Waals surface area contributed by atoms with Gasteiger partial charge in [0.25, 0.3) is 0 Å². The lowest BCUT2D eigenvalue weighted by atomic mass is 10.1. The third kappa shape index (κ3) is 4.59. The van der Waals surface area contributed by atoms with E-state index in [9.17, 15) is 0 Å². The van der Waals surface area contributed by atoms with Gasteiger partial charge in [0.1, 0.15) is 5.82 Å². The fourth-order valence-corrected chi connectivity index (χ4v) is 2.97. The number of fused-ring (bicyclic) bond motifs is 1. The van der Waals surface area contributed by atoms with Gasteiger partial charge < -0.3 is 4.57 Å². The van der Waals surface area contributed by atoms with Crippen molar-refractivity contribution in [2.75, 3.05) is 0 Å². The smallest absolute Gasteiger partial charge is 0.109 e. The van der Waals surface area contributed by atoms with Gasteiger partial charge in [0.15, 0.2) is 0 Å². The highest BCUT2D eigenvalue weighted by Crippen LogP contribution is 2.19. The Morgan fingerprint density at radius 3 is 2.33 bits per heavy atom. The van der Waals surface area contributed by atoms with Crippen LogP contribution >= 0.6 is 0 Å². The van der Waals surface area contributed by atoms with Gasteiger partial charge in [0.2, 0.25) is 0 Å². The van der Waals surface area contributed by atoms with Gasteiger partial charge in [-0.05, 0) is 25.0 Å². The maximum atomic E-state index is 4.87. The van der Waals surface area contributed by atoms with E-state index >= 15 is 0 Å². The van der Waals surface area contributed by atoms with Crippen molar-refractivity contribution in [3.8, 4) is 0 Å². The van der Waals surface area contributed by atoms with Gasteiger partial charge >= 0.3 is 0 Å². The molecule has 116 valence electrons. The van der Waals surface area contributed by atoms with E-state index in [4.69, 9.17) is 4.98 Å². The Balaban J connectivity index is 2.06. The first kappa shape index (κ1) is 16.1. The average Bonchev–Trinajstić information content (AvgIpc) is 2.86. The van der Waals surface area contributed by atoms with Crippen LogP contribution in [-0.4, -0.2) is 9.55 Å². The summed E-state index contributed by atoms with van der Waals surface area (Å²) in [5.74, 6) is 1.30. The van der Waals surface area contributed by atoms with Crippen LogP contribution in [-0.2, 0) is 13.0 Å². The second kappa shape index (κ2) is 8.86. The van der Waals surface area contributed by atoms with Crippen molar-refractivity contribution in [2.24, 2.45) is 0 Å². The van der Waals surface area contributed by atoms with Gasteiger partial charge in [0.05, 0.1) is 11.0 Å². The van der Waals surface area contributed by atoms with E-state index in [1.54, 1.807) is 0 Å². The van der Waals surface area contributed by atoms with Gasteiger partial charge in [-0.2, -0.15) is 0 Å². The minimum Gasteiger partial charge on any atom is -0.328 e. The Hall–Kier alpha value is -1.31. The number of unbranched alkanes of at least 4 members (excludes halogenated alkanes) is 6. The Morgan fingerprint density at radius 2 is 1.57 bits per heavy atom. The van der Waals surface area contributed by atoms with Crippen molar-refractivity contribution in [1.29, 1.82) is 0 Å². The fraction of sp³-hybridized carbons (Fsp3) is 0.632. The molecule has 0 aliphatic carbocycles. The fourth-order valence-electron chi connectivity index (χ4n) is 2.97. The summed E-state index contributed by atoms with van der Waals surface area (Å²) in [5, 5.41) is 0. The summed E-state index contributed by atoms with van der Waals surface area (Å²) >= 11 is 0. The highest BCUT2D eigenvalue weighted by molar-refractivity contribution is 5.75. The van der Waals surface area contributed by atoms with Gasteiger partial charge in [-0.25, -0.2) is 4.98 Å². The summed E-state index contributed by atoms with van der Waals surface area (Å²) in [6, 6.07) is 8.59. The Morgan fingerprint density at radius 1 is 0.857 bits per heavy atom. The summed E-state index contributed by atoms with van der Waals surface area (Å²) in [4.78, 5) is 4.87. The normalized spacial score (nSPS) is 11.3. The molecule has 0 fully saturated rings. The van der Waals surface area contributed by atoms with Crippen LogP contribution in [0, 0.1) is 0 Å². The molecule has 0 radical (unpaired) electrons. The molecular formula is C19H30N2. The number of imidazole rings is 1. The van der Waals surface area contributed by atoms with Gasteiger partial charge in [-0.15, -0.1) is 0 Å². The summed E-state index contributed by atoms with van der Waals surface area (Å²) in [6.07, 6.45) is 11.6. The molecule has 0 spiro atoms. The molecule has 1 aromatic heterocycles. The predicted molar refractivity (Wildman–Crippen MR) is 91.7 cm³/mol. The lowest BCUT2D eigenvalue weighted by Crippen LogP contribution is -2.04. The van der Waals surface area contributed by atoms with E-state index in [0.717, 1.165) is 13.0 Å². The van der Waals surface area contributed by atoms with Crippen LogP contribution in [0.3, 0.4) is 0 Å². The lowest BCUT2D eigenvalue weighted by Gasteiger charge is -2.09. The number of para-hydroxylation sites is 2. The molecule has 0 saturated carbocycles. The molecule has 2 heteroatoms. The van der Waals surface area contributed by atoms with E-state index in [1.807, 2.05) is 0 Å². The van der Waals surface area contributed by atoms with Crippen molar-refractivity contribution >= 4 is 11.0 Å². The standard InChI is InChI=1S/C19H30N2/c1-3-5-7-9-15-19-20-17-13-10-11-14-18(17)21(19)16-12-8-6-4-2/h10-11,13-14H,3-9,12,15-16H2,1-2H3. The molecule has 0 amide bonds. The molecule has 2 aromatic rings. The Kier molecular flexibility index (Phi) is 6.78. The summed E-state index contributed by atoms with van der Waals surface area (Å²) in [5.41, 5.74) is 2.48. The van der Waals surface area contributed by atoms with E-state index in [2.05, 4.69) is 42.7 Å². The molecule has 0 unspecified atom stereocenters. The first-order chi connectivity index (χ1) is 10.4. The first-order valence-corrected chi connectivity index (χ1v) is 8.81. The second-order valence-electron chi connectivity index (χ2n) is 6.04. The van der Waals surface area contributed by atoms with Crippen molar-refractivity contribution in [1.82, 2.24) is 9.55 Å². The van der Waals surface area contributed by atoms with Crippen LogP contribution in [0.4, 0.5) is 0 Å². The van der Waals surface area contributed by atoms with Crippen molar-refractivity contribution in [3.05, 3.63) is 30.1 Å². The van der Waals surface area contributed by atoms with Crippen LogP contribution in [0.25, 0.3) is 11.0 Å². The monoisotopic (exact) mass is 286 g/mol. The van der Waals surface area contributed by atoms with E-state index in [1.165, 1.54) is 68.2 Å². The number of aryl methyl sites for hydroxylation is 2. The zero-order valence-corrected chi connectivity index (χ0v) is 13.8. The van der Waals surface area contributed by atoms with E-state index < -0.39 is 0 Å². The largest absolute Gasteiger partial charge is 0.328 e. The summed E-state index contributed by atoms with van der Waals surface area (Å²) < 4.78 is 2.47. The Bertz CT molecular complexity index is 527. The molecule has 2 rings (SSSR count). The zero-order chi connectivity index (χ0) is 14.9. The lowest BCUT2D eigenvalue weighted by molar-refractivity contribution is 0.562. The zero-order valence-electron chi connectivity index (χ0n) is 13.8. The van der Waals surface area contributed by atoms with Crippen LogP contribution in [0.15, 0.2) is 24.3 Å². The molecule has 0 N–H and O–H groups in total. The molecule has 0 aliphatic rings. The minimum absolute atomic E-state index is 1.13. The number of rotatable bonds is 10. The van der Waals surface area contributed by atoms with Crippen molar-refractivity contribution < 1.29 is 0 Å². The maximum absolute atomic E-state index is 4.87. The van der Waals surface area contributed by atoms with Gasteiger partial charge in [0, 0.05) is 13.0 Å². The number of nitrogens with zero attached hydrogens (tertiary/aromatic N) is 2. The molecular weight excluding hydrogens is 256 g/mol. The predicted octanol–water partition coefficient (Wildman–Crippen LogP) is 5.74. The van der Waals surface area contributed by atoms with Crippen LogP contribution in [0.2, 0.25) is 0 Å². The van der Waals surface area contributed by atoms with E-state index in [0.29, 0.717) is 0 Å². The number of aromatic nitrogens is 2. The van der Waals surface area contributed by atoms with Gasteiger partial charge in [-0.3, -0.25) is 0 Å². The highest BCUT2D eigenvalue weighted by Gasteiger charge is 2.09. The molecule has 0 atom stereocenters. The number of hydrogen-bond donors (Lipinski definition) is 0.